The van der Waals surface area contributed by atoms with Gasteiger partial charge in [0.1, 0.15) is 11.6 Å². The van der Waals surface area contributed by atoms with Gasteiger partial charge in [0.2, 0.25) is 0 Å². The highest BCUT2D eigenvalue weighted by molar-refractivity contribution is 5.22. The molecule has 3 unspecified atom stereocenters. The number of halogens is 2. The molecular formula is C14H17F2N. The highest BCUT2D eigenvalue weighted by Gasteiger charge is 2.33. The second kappa shape index (κ2) is 4.37. The first-order valence-electron chi connectivity index (χ1n) is 6.44. The van der Waals surface area contributed by atoms with Crippen LogP contribution in [0.2, 0.25) is 0 Å². The quantitative estimate of drug-likeness (QED) is 0.787. The van der Waals surface area contributed by atoms with Gasteiger partial charge >= 0.3 is 0 Å². The van der Waals surface area contributed by atoms with Crippen LogP contribution in [0, 0.1) is 17.6 Å². The van der Waals surface area contributed by atoms with Crippen molar-refractivity contribution in [1.29, 1.82) is 0 Å². The van der Waals surface area contributed by atoms with E-state index in [9.17, 15) is 8.78 Å². The zero-order chi connectivity index (χ0) is 11.8. The molecule has 1 aromatic rings. The second-order valence-corrected chi connectivity index (χ2v) is 5.30. The molecule has 3 atom stereocenters. The molecule has 3 rings (SSSR count). The minimum absolute atomic E-state index is 0.125. The largest absolute Gasteiger partial charge is 0.307 e. The fourth-order valence-electron chi connectivity index (χ4n) is 3.36. The van der Waals surface area contributed by atoms with Crippen molar-refractivity contribution < 1.29 is 8.78 Å². The first kappa shape index (κ1) is 11.1. The maximum Gasteiger partial charge on any atom is 0.126 e. The zero-order valence-electron chi connectivity index (χ0n) is 9.76. The highest BCUT2D eigenvalue weighted by atomic mass is 19.1. The Hall–Kier alpha value is -0.960. The molecule has 1 saturated carbocycles. The van der Waals surface area contributed by atoms with Crippen LogP contribution in [-0.4, -0.2) is 6.04 Å². The van der Waals surface area contributed by atoms with Gasteiger partial charge in [0.15, 0.2) is 0 Å². The fraction of sp³-hybridized carbons (Fsp3) is 0.571. The molecule has 0 spiro atoms. The van der Waals surface area contributed by atoms with Gasteiger partial charge in [0.05, 0.1) is 0 Å². The topological polar surface area (TPSA) is 12.0 Å². The molecule has 2 fully saturated rings. The maximum atomic E-state index is 13.2. The monoisotopic (exact) mass is 237 g/mol. The molecule has 1 nitrogen and oxygen atoms in total. The molecule has 2 aliphatic rings. The highest BCUT2D eigenvalue weighted by Crippen LogP contribution is 2.38. The molecule has 0 radical (unpaired) electrons. The third kappa shape index (κ3) is 2.21. The lowest BCUT2D eigenvalue weighted by Crippen LogP contribution is -2.40. The number of fused-ring (bicyclic) bond motifs is 1. The van der Waals surface area contributed by atoms with Gasteiger partial charge in [0.25, 0.3) is 0 Å². The first-order valence-corrected chi connectivity index (χ1v) is 6.44. The van der Waals surface area contributed by atoms with Gasteiger partial charge in [-0.1, -0.05) is 6.42 Å². The predicted octanol–water partition coefficient (Wildman–Crippen LogP) is 3.56. The minimum atomic E-state index is -0.477. The van der Waals surface area contributed by atoms with E-state index in [1.165, 1.54) is 37.8 Å². The summed E-state index contributed by atoms with van der Waals surface area (Å²) in [6.45, 7) is 0. The zero-order valence-corrected chi connectivity index (χ0v) is 9.76. The molecule has 1 aliphatic carbocycles. The summed E-state index contributed by atoms with van der Waals surface area (Å²) in [5.41, 5.74) is 0.757. The summed E-state index contributed by atoms with van der Waals surface area (Å²) in [5, 5.41) is 3.55. The summed E-state index contributed by atoms with van der Waals surface area (Å²) < 4.78 is 26.4. The molecule has 1 aliphatic heterocycles. The van der Waals surface area contributed by atoms with Crippen LogP contribution < -0.4 is 5.32 Å². The molecule has 0 bridgehead atoms. The fourth-order valence-corrected chi connectivity index (χ4v) is 3.36. The van der Waals surface area contributed by atoms with E-state index in [1.54, 1.807) is 0 Å². The van der Waals surface area contributed by atoms with Crippen LogP contribution in [0.3, 0.4) is 0 Å². The van der Waals surface area contributed by atoms with E-state index in [-0.39, 0.29) is 6.04 Å². The first-order chi connectivity index (χ1) is 8.22. The van der Waals surface area contributed by atoms with Crippen LogP contribution in [-0.2, 0) is 0 Å². The van der Waals surface area contributed by atoms with Crippen LogP contribution in [0.15, 0.2) is 18.2 Å². The van der Waals surface area contributed by atoms with Crippen molar-refractivity contribution in [3.05, 3.63) is 35.4 Å². The lowest BCUT2D eigenvalue weighted by Gasteiger charge is -2.33. The normalized spacial score (nSPS) is 32.5. The third-order valence-corrected chi connectivity index (χ3v) is 4.19. The average Bonchev–Trinajstić information content (AvgIpc) is 2.74. The van der Waals surface area contributed by atoms with Gasteiger partial charge in [-0.15, -0.1) is 0 Å². The maximum absolute atomic E-state index is 13.2. The van der Waals surface area contributed by atoms with E-state index in [1.807, 2.05) is 0 Å². The number of nitrogens with one attached hydrogen (secondary N) is 1. The van der Waals surface area contributed by atoms with Gasteiger partial charge in [-0.05, 0) is 49.3 Å². The Morgan fingerprint density at radius 3 is 2.47 bits per heavy atom. The standard InChI is InChI=1S/C14H17F2N/c15-11-6-10(7-12(16)8-11)14-5-4-9-2-1-3-13(9)17-14/h6-9,13-14,17H,1-5H2. The number of rotatable bonds is 1. The number of hydrogen-bond acceptors (Lipinski definition) is 1. The minimum Gasteiger partial charge on any atom is -0.307 e. The Morgan fingerprint density at radius 2 is 1.71 bits per heavy atom. The molecule has 0 aromatic heterocycles. The molecule has 0 amide bonds. The molecular weight excluding hydrogens is 220 g/mol. The molecule has 3 heteroatoms. The van der Waals surface area contributed by atoms with Crippen molar-refractivity contribution in [3.63, 3.8) is 0 Å². The van der Waals surface area contributed by atoms with Crippen molar-refractivity contribution in [2.45, 2.75) is 44.2 Å². The van der Waals surface area contributed by atoms with Crippen LogP contribution in [0.5, 0.6) is 0 Å². The summed E-state index contributed by atoms with van der Waals surface area (Å²) in [7, 11) is 0. The molecule has 1 aromatic carbocycles. The van der Waals surface area contributed by atoms with Crippen molar-refractivity contribution in [2.75, 3.05) is 0 Å². The third-order valence-electron chi connectivity index (χ3n) is 4.19. The van der Waals surface area contributed by atoms with Gasteiger partial charge in [-0.25, -0.2) is 8.78 Å². The lowest BCUT2D eigenvalue weighted by atomic mass is 9.87. The van der Waals surface area contributed by atoms with Crippen molar-refractivity contribution in [3.8, 4) is 0 Å². The Kier molecular flexibility index (Phi) is 2.87. The Bertz CT molecular complexity index is 398. The summed E-state index contributed by atoms with van der Waals surface area (Å²) in [6.07, 6.45) is 5.97. The Balaban J connectivity index is 1.80. The van der Waals surface area contributed by atoms with Crippen molar-refractivity contribution >= 4 is 0 Å². The van der Waals surface area contributed by atoms with Gasteiger partial charge in [-0.3, -0.25) is 0 Å². The van der Waals surface area contributed by atoms with Crippen LogP contribution in [0.4, 0.5) is 8.78 Å². The summed E-state index contributed by atoms with van der Waals surface area (Å²) in [6, 6.07) is 4.52. The Morgan fingerprint density at radius 1 is 0.941 bits per heavy atom. The van der Waals surface area contributed by atoms with Crippen LogP contribution in [0.25, 0.3) is 0 Å². The predicted molar refractivity (Wildman–Crippen MR) is 62.6 cm³/mol. The van der Waals surface area contributed by atoms with E-state index >= 15 is 0 Å². The van der Waals surface area contributed by atoms with Gasteiger partial charge in [0, 0.05) is 18.2 Å². The number of benzene rings is 1. The Labute approximate surface area is 100 Å². The smallest absolute Gasteiger partial charge is 0.126 e. The molecule has 1 N–H and O–H groups in total. The summed E-state index contributed by atoms with van der Waals surface area (Å²) in [5.74, 6) is -0.171. The molecule has 1 saturated heterocycles. The summed E-state index contributed by atoms with van der Waals surface area (Å²) in [4.78, 5) is 0. The van der Waals surface area contributed by atoms with Crippen LogP contribution in [0.1, 0.15) is 43.7 Å². The SMILES string of the molecule is Fc1cc(F)cc(C2CCC3CCCC3N2)c1. The summed E-state index contributed by atoms with van der Waals surface area (Å²) >= 11 is 0. The average molecular weight is 237 g/mol. The van der Waals surface area contributed by atoms with Gasteiger partial charge < -0.3 is 5.32 Å². The van der Waals surface area contributed by atoms with Crippen molar-refractivity contribution in [1.82, 2.24) is 5.32 Å². The number of hydrogen-bond donors (Lipinski definition) is 1. The van der Waals surface area contributed by atoms with Crippen molar-refractivity contribution in [2.24, 2.45) is 5.92 Å². The van der Waals surface area contributed by atoms with E-state index in [0.717, 1.165) is 24.0 Å². The van der Waals surface area contributed by atoms with Gasteiger partial charge in [-0.2, -0.15) is 0 Å². The van der Waals surface area contributed by atoms with E-state index in [0.29, 0.717) is 6.04 Å². The van der Waals surface area contributed by atoms with Crippen LogP contribution >= 0.6 is 0 Å². The van der Waals surface area contributed by atoms with E-state index < -0.39 is 11.6 Å². The lowest BCUT2D eigenvalue weighted by molar-refractivity contribution is 0.260. The molecule has 1 heterocycles. The second-order valence-electron chi connectivity index (χ2n) is 5.30. The molecule has 92 valence electrons. The van der Waals surface area contributed by atoms with E-state index in [4.69, 9.17) is 0 Å². The molecule has 17 heavy (non-hydrogen) atoms. The number of piperidine rings is 1. The van der Waals surface area contributed by atoms with E-state index in [2.05, 4.69) is 5.32 Å².